The van der Waals surface area contributed by atoms with Gasteiger partial charge in [-0.2, -0.15) is 4.31 Å². The summed E-state index contributed by atoms with van der Waals surface area (Å²) in [5.74, 6) is -0.245. The Morgan fingerprint density at radius 2 is 1.87 bits per heavy atom. The smallest absolute Gasteiger partial charge is 0.207 e. The molecule has 6 heteroatoms. The van der Waals surface area contributed by atoms with E-state index in [-0.39, 0.29) is 17.3 Å². The van der Waals surface area contributed by atoms with Gasteiger partial charge in [0.25, 0.3) is 0 Å². The Kier molecular flexibility index (Phi) is 4.07. The van der Waals surface area contributed by atoms with E-state index in [2.05, 4.69) is 0 Å². The minimum atomic E-state index is -3.54. The second-order valence-electron chi connectivity index (χ2n) is 2.97. The molecule has 0 heterocycles. The van der Waals surface area contributed by atoms with Crippen molar-refractivity contribution >= 4 is 21.6 Å². The largest absolute Gasteiger partial charge is 0.242 e. The van der Waals surface area contributed by atoms with Gasteiger partial charge in [0.05, 0.1) is 4.90 Å². The molecular weight excluding hydrogens is 241 g/mol. The van der Waals surface area contributed by atoms with Gasteiger partial charge in [0.2, 0.25) is 10.0 Å². The monoisotopic (exact) mass is 251 g/mol. The van der Waals surface area contributed by atoms with Crippen LogP contribution in [-0.4, -0.2) is 32.2 Å². The molecule has 1 rings (SSSR count). The van der Waals surface area contributed by atoms with Gasteiger partial charge >= 0.3 is 0 Å². The molecule has 15 heavy (non-hydrogen) atoms. The number of rotatable bonds is 4. The fourth-order valence-corrected chi connectivity index (χ4v) is 2.55. The van der Waals surface area contributed by atoms with Gasteiger partial charge in [0, 0.05) is 19.5 Å². The van der Waals surface area contributed by atoms with E-state index >= 15 is 0 Å². The van der Waals surface area contributed by atoms with Crippen LogP contribution in [0.1, 0.15) is 0 Å². The van der Waals surface area contributed by atoms with Crippen LogP contribution in [0.2, 0.25) is 0 Å². The van der Waals surface area contributed by atoms with Crippen molar-refractivity contribution in [1.29, 1.82) is 0 Å². The molecule has 0 aromatic heterocycles. The van der Waals surface area contributed by atoms with Gasteiger partial charge in [-0.05, 0) is 24.3 Å². The Bertz CT molecular complexity index is 418. The zero-order valence-corrected chi connectivity index (χ0v) is 9.72. The molecular formula is C9H11ClFNO2S. The summed E-state index contributed by atoms with van der Waals surface area (Å²) in [5.41, 5.74) is 0. The normalized spacial score (nSPS) is 12.0. The summed E-state index contributed by atoms with van der Waals surface area (Å²) in [6.45, 7) is 0.223. The molecule has 0 saturated heterocycles. The van der Waals surface area contributed by atoms with Crippen molar-refractivity contribution in [2.75, 3.05) is 19.5 Å². The Hall–Kier alpha value is -0.650. The van der Waals surface area contributed by atoms with Crippen molar-refractivity contribution < 1.29 is 12.8 Å². The Morgan fingerprint density at radius 1 is 1.33 bits per heavy atom. The fraction of sp³-hybridized carbons (Fsp3) is 0.333. The molecule has 0 aliphatic heterocycles. The maximum absolute atomic E-state index is 12.6. The van der Waals surface area contributed by atoms with Crippen LogP contribution >= 0.6 is 11.6 Å². The summed E-state index contributed by atoms with van der Waals surface area (Å²) in [7, 11) is -2.10. The SMILES string of the molecule is CN(CCCl)S(=O)(=O)c1ccc(F)cc1. The van der Waals surface area contributed by atoms with E-state index in [1.807, 2.05) is 0 Å². The highest BCUT2D eigenvalue weighted by Gasteiger charge is 2.19. The lowest BCUT2D eigenvalue weighted by Crippen LogP contribution is -2.28. The van der Waals surface area contributed by atoms with Gasteiger partial charge in [0.15, 0.2) is 0 Å². The van der Waals surface area contributed by atoms with E-state index < -0.39 is 15.8 Å². The summed E-state index contributed by atoms with van der Waals surface area (Å²) >= 11 is 5.45. The molecule has 0 radical (unpaired) electrons. The van der Waals surface area contributed by atoms with Gasteiger partial charge in [-0.1, -0.05) is 0 Å². The highest BCUT2D eigenvalue weighted by molar-refractivity contribution is 7.89. The molecule has 0 N–H and O–H groups in total. The van der Waals surface area contributed by atoms with E-state index in [4.69, 9.17) is 11.6 Å². The molecule has 3 nitrogen and oxygen atoms in total. The maximum Gasteiger partial charge on any atom is 0.242 e. The van der Waals surface area contributed by atoms with Gasteiger partial charge in [-0.3, -0.25) is 0 Å². The minimum absolute atomic E-state index is 0.0662. The molecule has 0 atom stereocenters. The van der Waals surface area contributed by atoms with Crippen LogP contribution in [0.5, 0.6) is 0 Å². The molecule has 0 bridgehead atoms. The molecule has 0 aliphatic rings. The van der Waals surface area contributed by atoms with Crippen molar-refractivity contribution in [3.63, 3.8) is 0 Å². The van der Waals surface area contributed by atoms with E-state index in [0.717, 1.165) is 16.4 Å². The predicted molar refractivity (Wildman–Crippen MR) is 56.9 cm³/mol. The first-order valence-corrected chi connectivity index (χ1v) is 6.24. The lowest BCUT2D eigenvalue weighted by Gasteiger charge is -2.15. The quantitative estimate of drug-likeness (QED) is 0.764. The molecule has 84 valence electrons. The van der Waals surface area contributed by atoms with Crippen LogP contribution in [0.25, 0.3) is 0 Å². The van der Waals surface area contributed by atoms with Gasteiger partial charge in [-0.25, -0.2) is 12.8 Å². The second-order valence-corrected chi connectivity index (χ2v) is 5.39. The van der Waals surface area contributed by atoms with Gasteiger partial charge in [-0.15, -0.1) is 11.6 Å². The van der Waals surface area contributed by atoms with E-state index in [1.165, 1.54) is 19.2 Å². The Balaban J connectivity index is 3.01. The van der Waals surface area contributed by atoms with Crippen molar-refractivity contribution in [3.8, 4) is 0 Å². The number of nitrogens with zero attached hydrogens (tertiary/aromatic N) is 1. The summed E-state index contributed by atoms with van der Waals surface area (Å²) in [5, 5.41) is 0. The summed E-state index contributed by atoms with van der Waals surface area (Å²) in [6, 6.07) is 4.69. The number of hydrogen-bond donors (Lipinski definition) is 0. The van der Waals surface area contributed by atoms with Crippen LogP contribution in [0.3, 0.4) is 0 Å². The summed E-state index contributed by atoms with van der Waals surface area (Å²) in [6.07, 6.45) is 0. The standard InChI is InChI=1S/C9H11ClFNO2S/c1-12(7-6-10)15(13,14)9-4-2-8(11)3-5-9/h2-5H,6-7H2,1H3. The van der Waals surface area contributed by atoms with E-state index in [9.17, 15) is 12.8 Å². The molecule has 0 amide bonds. The second kappa shape index (κ2) is 4.92. The van der Waals surface area contributed by atoms with Gasteiger partial charge < -0.3 is 0 Å². The first-order valence-electron chi connectivity index (χ1n) is 4.26. The molecule has 1 aromatic rings. The zero-order valence-electron chi connectivity index (χ0n) is 8.15. The third-order valence-electron chi connectivity index (χ3n) is 1.92. The predicted octanol–water partition coefficient (Wildman–Crippen LogP) is 1.69. The lowest BCUT2D eigenvalue weighted by molar-refractivity contribution is 0.487. The molecule has 0 fully saturated rings. The van der Waals surface area contributed by atoms with Gasteiger partial charge in [0.1, 0.15) is 5.82 Å². The van der Waals surface area contributed by atoms with Crippen LogP contribution in [0.4, 0.5) is 4.39 Å². The minimum Gasteiger partial charge on any atom is -0.207 e. The highest BCUT2D eigenvalue weighted by Crippen LogP contribution is 2.14. The average molecular weight is 252 g/mol. The van der Waals surface area contributed by atoms with E-state index in [1.54, 1.807) is 0 Å². The average Bonchev–Trinajstić information content (AvgIpc) is 2.18. The van der Waals surface area contributed by atoms with Crippen LogP contribution in [-0.2, 0) is 10.0 Å². The molecule has 0 spiro atoms. The summed E-state index contributed by atoms with van der Waals surface area (Å²) in [4.78, 5) is 0.0662. The van der Waals surface area contributed by atoms with E-state index in [0.29, 0.717) is 0 Å². The topological polar surface area (TPSA) is 37.4 Å². The first-order chi connectivity index (χ1) is 6.98. The van der Waals surface area contributed by atoms with Crippen molar-refractivity contribution in [2.24, 2.45) is 0 Å². The maximum atomic E-state index is 12.6. The van der Waals surface area contributed by atoms with Crippen LogP contribution in [0, 0.1) is 5.82 Å². The van der Waals surface area contributed by atoms with Crippen LogP contribution < -0.4 is 0 Å². The zero-order chi connectivity index (χ0) is 11.5. The number of benzene rings is 1. The number of hydrogen-bond acceptors (Lipinski definition) is 2. The number of sulfonamides is 1. The lowest BCUT2D eigenvalue weighted by atomic mass is 10.4. The number of halogens is 2. The molecule has 0 aliphatic carbocycles. The molecule has 1 aromatic carbocycles. The fourth-order valence-electron chi connectivity index (χ4n) is 1.03. The van der Waals surface area contributed by atoms with Crippen molar-refractivity contribution in [3.05, 3.63) is 30.1 Å². The Morgan fingerprint density at radius 3 is 2.33 bits per heavy atom. The molecule has 0 saturated carbocycles. The molecule has 0 unspecified atom stereocenters. The van der Waals surface area contributed by atoms with Crippen LogP contribution in [0.15, 0.2) is 29.2 Å². The summed E-state index contributed by atoms with van der Waals surface area (Å²) < 4.78 is 37.3. The highest BCUT2D eigenvalue weighted by atomic mass is 35.5. The van der Waals surface area contributed by atoms with Crippen molar-refractivity contribution in [1.82, 2.24) is 4.31 Å². The first kappa shape index (κ1) is 12.4. The third-order valence-corrected chi connectivity index (χ3v) is 3.96. The number of alkyl halides is 1. The third kappa shape index (κ3) is 2.90. The Labute approximate surface area is 93.5 Å². The van der Waals surface area contributed by atoms with Crippen molar-refractivity contribution in [2.45, 2.75) is 4.90 Å².